The molecule has 2 aliphatic heterocycles. The van der Waals surface area contributed by atoms with Crippen LogP contribution in [0.3, 0.4) is 0 Å². The highest BCUT2D eigenvalue weighted by Crippen LogP contribution is 2.37. The molecule has 206 valence electrons. The topological polar surface area (TPSA) is 94.6 Å². The number of carbonyl (C=O) groups is 3. The first-order chi connectivity index (χ1) is 17.6. The number of esters is 2. The lowest BCUT2D eigenvalue weighted by Crippen LogP contribution is -2.38. The number of morpholine rings is 2. The van der Waals surface area contributed by atoms with Crippen molar-refractivity contribution in [2.45, 2.75) is 0 Å². The summed E-state index contributed by atoms with van der Waals surface area (Å²) < 4.78 is 21.5. The standard InChI is InChI=1S/C27H30N2O7.2ClH/c30-25-23-17-19(26(31)35-15-9-28-5-11-33-12-6-28)1-3-21(23)22-4-2-20(18-24(22)25)27(32)36-16-10-29-7-13-34-14-8-29;;/h1-4,17-18H,5-16H2;2*1H. The van der Waals surface area contributed by atoms with Crippen molar-refractivity contribution in [2.75, 3.05) is 78.9 Å². The molecule has 3 aliphatic rings. The number of fused-ring (bicyclic) bond motifs is 3. The van der Waals surface area contributed by atoms with Gasteiger partial charge >= 0.3 is 11.9 Å². The molecule has 2 fully saturated rings. The maximum Gasteiger partial charge on any atom is 0.338 e. The van der Waals surface area contributed by atoms with E-state index < -0.39 is 11.9 Å². The molecule has 0 amide bonds. The van der Waals surface area contributed by atoms with Crippen molar-refractivity contribution in [3.05, 3.63) is 58.7 Å². The van der Waals surface area contributed by atoms with Crippen molar-refractivity contribution in [1.82, 2.24) is 9.80 Å². The summed E-state index contributed by atoms with van der Waals surface area (Å²) in [4.78, 5) is 42.7. The number of carbonyl (C=O) groups excluding carboxylic acids is 3. The summed E-state index contributed by atoms with van der Waals surface area (Å²) in [6.07, 6.45) is 0. The van der Waals surface area contributed by atoms with Gasteiger partial charge in [-0.25, -0.2) is 9.59 Å². The number of benzene rings is 2. The van der Waals surface area contributed by atoms with Gasteiger partial charge in [-0.15, -0.1) is 24.8 Å². The van der Waals surface area contributed by atoms with Crippen molar-refractivity contribution < 1.29 is 33.3 Å². The van der Waals surface area contributed by atoms with Crippen LogP contribution in [0.25, 0.3) is 11.1 Å². The Bertz CT molecular complexity index is 1060. The fraction of sp³-hybridized carbons (Fsp3) is 0.444. The van der Waals surface area contributed by atoms with Gasteiger partial charge in [-0.1, -0.05) is 12.1 Å². The molecule has 0 saturated carbocycles. The molecule has 9 nitrogen and oxygen atoms in total. The molecule has 2 aromatic rings. The van der Waals surface area contributed by atoms with E-state index in [4.69, 9.17) is 18.9 Å². The van der Waals surface area contributed by atoms with Crippen LogP contribution in [0.4, 0.5) is 0 Å². The summed E-state index contributed by atoms with van der Waals surface area (Å²) in [6.45, 7) is 7.92. The van der Waals surface area contributed by atoms with Gasteiger partial charge in [0.2, 0.25) is 0 Å². The molecule has 0 N–H and O–H groups in total. The molecule has 2 saturated heterocycles. The van der Waals surface area contributed by atoms with Gasteiger partial charge in [0.25, 0.3) is 0 Å². The lowest BCUT2D eigenvalue weighted by atomic mass is 10.0. The van der Waals surface area contributed by atoms with E-state index in [0.717, 1.165) is 37.3 Å². The molecule has 11 heteroatoms. The Morgan fingerprint density at radius 1 is 0.658 bits per heavy atom. The van der Waals surface area contributed by atoms with Gasteiger partial charge in [0, 0.05) is 50.4 Å². The van der Waals surface area contributed by atoms with E-state index >= 15 is 0 Å². The zero-order valence-electron chi connectivity index (χ0n) is 21.0. The highest BCUT2D eigenvalue weighted by Gasteiger charge is 2.29. The minimum absolute atomic E-state index is 0. The minimum Gasteiger partial charge on any atom is -0.461 e. The second-order valence-corrected chi connectivity index (χ2v) is 9.03. The molecule has 2 aromatic carbocycles. The zero-order chi connectivity index (χ0) is 24.9. The summed E-state index contributed by atoms with van der Waals surface area (Å²) in [5.41, 5.74) is 3.02. The second kappa shape index (κ2) is 14.0. The summed E-state index contributed by atoms with van der Waals surface area (Å²) in [5, 5.41) is 0. The Morgan fingerprint density at radius 2 is 1.05 bits per heavy atom. The highest BCUT2D eigenvalue weighted by atomic mass is 35.5. The molecule has 0 radical (unpaired) electrons. The monoisotopic (exact) mass is 566 g/mol. The Kier molecular flexibility index (Phi) is 11.1. The van der Waals surface area contributed by atoms with Gasteiger partial charge in [-0.05, 0) is 35.4 Å². The van der Waals surface area contributed by atoms with E-state index in [9.17, 15) is 14.4 Å². The van der Waals surface area contributed by atoms with E-state index in [-0.39, 0.29) is 43.8 Å². The third kappa shape index (κ3) is 6.91. The zero-order valence-corrected chi connectivity index (χ0v) is 22.7. The number of rotatable bonds is 8. The summed E-state index contributed by atoms with van der Waals surface area (Å²) >= 11 is 0. The highest BCUT2D eigenvalue weighted by molar-refractivity contribution is 6.22. The van der Waals surface area contributed by atoms with Crippen LogP contribution >= 0.6 is 24.8 Å². The van der Waals surface area contributed by atoms with Gasteiger partial charge < -0.3 is 18.9 Å². The first-order valence-electron chi connectivity index (χ1n) is 12.4. The normalized spacial score (nSPS) is 17.0. The second-order valence-electron chi connectivity index (χ2n) is 9.03. The lowest BCUT2D eigenvalue weighted by Gasteiger charge is -2.26. The largest absolute Gasteiger partial charge is 0.461 e. The number of hydrogen-bond acceptors (Lipinski definition) is 9. The van der Waals surface area contributed by atoms with Crippen LogP contribution in [0.15, 0.2) is 36.4 Å². The molecule has 0 spiro atoms. The number of ketones is 1. The molecular weight excluding hydrogens is 535 g/mol. The first kappa shape index (κ1) is 30.0. The van der Waals surface area contributed by atoms with Crippen LogP contribution in [-0.4, -0.2) is 106 Å². The fourth-order valence-corrected chi connectivity index (χ4v) is 4.68. The Hall–Kier alpha value is -2.53. The van der Waals surface area contributed by atoms with Crippen molar-refractivity contribution >= 4 is 42.5 Å². The van der Waals surface area contributed by atoms with E-state index in [1.807, 2.05) is 0 Å². The molecule has 0 bridgehead atoms. The van der Waals surface area contributed by atoms with Gasteiger partial charge in [0.1, 0.15) is 13.2 Å². The maximum absolute atomic E-state index is 13.1. The van der Waals surface area contributed by atoms with Gasteiger partial charge in [0.15, 0.2) is 5.78 Å². The molecule has 5 rings (SSSR count). The molecular formula is C27H32Cl2N2O7. The van der Waals surface area contributed by atoms with Crippen molar-refractivity contribution in [2.24, 2.45) is 0 Å². The maximum atomic E-state index is 13.1. The predicted octanol–water partition coefficient (Wildman–Crippen LogP) is 2.72. The fourth-order valence-electron chi connectivity index (χ4n) is 4.68. The molecule has 38 heavy (non-hydrogen) atoms. The molecule has 1 aliphatic carbocycles. The SMILES string of the molecule is Cl.Cl.O=C(OCCN1CCOCC1)c1ccc2c(c1)C(=O)c1cc(C(=O)OCCN3CCOCC3)ccc1-2. The van der Waals surface area contributed by atoms with Crippen molar-refractivity contribution in [1.29, 1.82) is 0 Å². The van der Waals surface area contributed by atoms with Crippen LogP contribution in [0, 0.1) is 0 Å². The van der Waals surface area contributed by atoms with Crippen LogP contribution in [0.1, 0.15) is 36.6 Å². The predicted molar refractivity (Wildman–Crippen MR) is 145 cm³/mol. The van der Waals surface area contributed by atoms with Crippen LogP contribution in [0.5, 0.6) is 0 Å². The minimum atomic E-state index is -0.459. The lowest BCUT2D eigenvalue weighted by molar-refractivity contribution is 0.0190. The Morgan fingerprint density at radius 3 is 1.45 bits per heavy atom. The molecule has 0 atom stereocenters. The first-order valence-corrected chi connectivity index (χ1v) is 12.4. The van der Waals surface area contributed by atoms with Crippen molar-refractivity contribution in [3.8, 4) is 11.1 Å². The van der Waals surface area contributed by atoms with Gasteiger partial charge in [-0.2, -0.15) is 0 Å². The number of ether oxygens (including phenoxy) is 4. The Labute approximate surface area is 234 Å². The van der Waals surface area contributed by atoms with E-state index in [1.165, 1.54) is 0 Å². The van der Waals surface area contributed by atoms with Gasteiger partial charge in [-0.3, -0.25) is 14.6 Å². The molecule has 2 heterocycles. The summed E-state index contributed by atoms with van der Waals surface area (Å²) in [7, 11) is 0. The molecule has 0 unspecified atom stereocenters. The summed E-state index contributed by atoms with van der Waals surface area (Å²) in [6, 6.07) is 10.0. The number of halogens is 2. The van der Waals surface area contributed by atoms with Gasteiger partial charge in [0.05, 0.1) is 37.6 Å². The van der Waals surface area contributed by atoms with Crippen LogP contribution in [-0.2, 0) is 18.9 Å². The van der Waals surface area contributed by atoms with Crippen LogP contribution in [0.2, 0.25) is 0 Å². The number of hydrogen-bond donors (Lipinski definition) is 0. The average Bonchev–Trinajstić information content (AvgIpc) is 3.20. The van der Waals surface area contributed by atoms with E-state index in [2.05, 4.69) is 9.80 Å². The smallest absolute Gasteiger partial charge is 0.338 e. The number of nitrogens with zero attached hydrogens (tertiary/aromatic N) is 2. The van der Waals surface area contributed by atoms with E-state index in [1.54, 1.807) is 36.4 Å². The average molecular weight is 567 g/mol. The quantitative estimate of drug-likeness (QED) is 0.381. The van der Waals surface area contributed by atoms with Crippen molar-refractivity contribution in [3.63, 3.8) is 0 Å². The van der Waals surface area contributed by atoms with E-state index in [0.29, 0.717) is 61.8 Å². The third-order valence-corrected chi connectivity index (χ3v) is 6.78. The van der Waals surface area contributed by atoms with Crippen LogP contribution < -0.4 is 0 Å². The third-order valence-electron chi connectivity index (χ3n) is 6.78. The molecule has 0 aromatic heterocycles. The summed E-state index contributed by atoms with van der Waals surface area (Å²) in [5.74, 6) is -1.13. The Balaban J connectivity index is 0.00000200.